The van der Waals surface area contributed by atoms with Gasteiger partial charge in [-0.25, -0.2) is 0 Å². The molecule has 1 heteroatoms. The number of allylic oxidation sites excluding steroid dienone is 2. The summed E-state index contributed by atoms with van der Waals surface area (Å²) in [6, 6.07) is 9.31. The Morgan fingerprint density at radius 1 is 1.22 bits per heavy atom. The first-order valence-corrected chi connectivity index (χ1v) is 7.20. The van der Waals surface area contributed by atoms with E-state index in [1.54, 1.807) is 0 Å². The van der Waals surface area contributed by atoms with Gasteiger partial charge >= 0.3 is 0 Å². The fourth-order valence-corrected chi connectivity index (χ4v) is 3.63. The molecule has 1 aromatic carbocycles. The average Bonchev–Trinajstić information content (AvgIpc) is 2.99. The van der Waals surface area contributed by atoms with E-state index in [0.29, 0.717) is 6.04 Å². The summed E-state index contributed by atoms with van der Waals surface area (Å²) in [5, 5.41) is 3.73. The molecular formula is C17H23N. The van der Waals surface area contributed by atoms with Crippen molar-refractivity contribution in [2.75, 3.05) is 0 Å². The molecule has 18 heavy (non-hydrogen) atoms. The Morgan fingerprint density at radius 2 is 2.06 bits per heavy atom. The lowest BCUT2D eigenvalue weighted by Crippen LogP contribution is -2.35. The van der Waals surface area contributed by atoms with E-state index in [1.807, 2.05) is 0 Å². The van der Waals surface area contributed by atoms with Crippen LogP contribution in [0.2, 0.25) is 0 Å². The summed E-state index contributed by atoms with van der Waals surface area (Å²) in [5.74, 6) is 2.57. The topological polar surface area (TPSA) is 12.0 Å². The van der Waals surface area contributed by atoms with Gasteiger partial charge in [-0.2, -0.15) is 0 Å². The van der Waals surface area contributed by atoms with E-state index in [9.17, 15) is 0 Å². The zero-order valence-electron chi connectivity index (χ0n) is 11.4. The van der Waals surface area contributed by atoms with Crippen molar-refractivity contribution in [3.8, 4) is 0 Å². The maximum absolute atomic E-state index is 3.73. The Balaban J connectivity index is 1.57. The van der Waals surface area contributed by atoms with E-state index in [2.05, 4.69) is 55.6 Å². The molecule has 1 aromatic rings. The zero-order chi connectivity index (χ0) is 12.5. The molecule has 96 valence electrons. The summed E-state index contributed by atoms with van der Waals surface area (Å²) in [4.78, 5) is 0. The number of rotatable bonds is 4. The van der Waals surface area contributed by atoms with Crippen LogP contribution in [0.1, 0.15) is 30.9 Å². The van der Waals surface area contributed by atoms with Gasteiger partial charge in [0.1, 0.15) is 0 Å². The minimum absolute atomic E-state index is 0.629. The van der Waals surface area contributed by atoms with Crippen molar-refractivity contribution in [1.29, 1.82) is 0 Å². The molecule has 2 aliphatic carbocycles. The van der Waals surface area contributed by atoms with Gasteiger partial charge < -0.3 is 5.32 Å². The van der Waals surface area contributed by atoms with Crippen LogP contribution in [-0.2, 0) is 6.54 Å². The molecule has 2 bridgehead atoms. The van der Waals surface area contributed by atoms with Crippen molar-refractivity contribution >= 4 is 0 Å². The van der Waals surface area contributed by atoms with Crippen molar-refractivity contribution in [3.63, 3.8) is 0 Å². The summed E-state index contributed by atoms with van der Waals surface area (Å²) in [5.41, 5.74) is 2.83. The molecule has 0 radical (unpaired) electrons. The summed E-state index contributed by atoms with van der Waals surface area (Å²) in [7, 11) is 0. The van der Waals surface area contributed by atoms with Gasteiger partial charge in [0, 0.05) is 12.6 Å². The third-order valence-electron chi connectivity index (χ3n) is 4.85. The average molecular weight is 241 g/mol. The maximum Gasteiger partial charge on any atom is 0.0210 e. The van der Waals surface area contributed by atoms with Crippen LogP contribution in [0.5, 0.6) is 0 Å². The molecule has 0 heterocycles. The molecule has 1 saturated carbocycles. The highest BCUT2D eigenvalue weighted by Gasteiger charge is 2.38. The van der Waals surface area contributed by atoms with Gasteiger partial charge in [-0.15, -0.1) is 0 Å². The lowest BCUT2D eigenvalue weighted by Gasteiger charge is -2.26. The quantitative estimate of drug-likeness (QED) is 0.793. The minimum Gasteiger partial charge on any atom is -0.310 e. The number of aryl methyl sites for hydroxylation is 1. The van der Waals surface area contributed by atoms with Crippen LogP contribution >= 0.6 is 0 Å². The smallest absolute Gasteiger partial charge is 0.0210 e. The Labute approximate surface area is 110 Å². The minimum atomic E-state index is 0.629. The van der Waals surface area contributed by atoms with Gasteiger partial charge in [-0.05, 0) is 55.6 Å². The van der Waals surface area contributed by atoms with Gasteiger partial charge in [-0.1, -0.05) is 36.4 Å². The highest BCUT2D eigenvalue weighted by molar-refractivity contribution is 5.25. The van der Waals surface area contributed by atoms with Crippen LogP contribution in [0.25, 0.3) is 0 Å². The second-order valence-corrected chi connectivity index (χ2v) is 6.04. The van der Waals surface area contributed by atoms with Crippen LogP contribution in [0.15, 0.2) is 36.4 Å². The standard InChI is InChI=1S/C17H23N/c1-12-5-3-4-6-16(12)11-18-13(2)17-10-14-7-8-15(17)9-14/h3-8,13-15,17-18H,9-11H2,1-2H3. The van der Waals surface area contributed by atoms with Crippen molar-refractivity contribution in [1.82, 2.24) is 5.32 Å². The first kappa shape index (κ1) is 12.0. The van der Waals surface area contributed by atoms with E-state index >= 15 is 0 Å². The Morgan fingerprint density at radius 3 is 2.72 bits per heavy atom. The molecule has 0 spiro atoms. The molecule has 0 saturated heterocycles. The lowest BCUT2D eigenvalue weighted by molar-refractivity contribution is 0.326. The molecular weight excluding hydrogens is 218 g/mol. The van der Waals surface area contributed by atoms with Crippen molar-refractivity contribution in [3.05, 3.63) is 47.5 Å². The normalized spacial score (nSPS) is 30.9. The predicted octanol–water partition coefficient (Wildman–Crippen LogP) is 3.69. The molecule has 4 unspecified atom stereocenters. The van der Waals surface area contributed by atoms with E-state index in [4.69, 9.17) is 0 Å². The van der Waals surface area contributed by atoms with Crippen LogP contribution in [-0.4, -0.2) is 6.04 Å². The fraction of sp³-hybridized carbons (Fsp3) is 0.529. The molecule has 1 N–H and O–H groups in total. The van der Waals surface area contributed by atoms with Crippen LogP contribution in [0.4, 0.5) is 0 Å². The number of nitrogens with one attached hydrogen (secondary N) is 1. The molecule has 0 aromatic heterocycles. The van der Waals surface area contributed by atoms with Crippen LogP contribution < -0.4 is 5.32 Å². The summed E-state index contributed by atoms with van der Waals surface area (Å²) >= 11 is 0. The van der Waals surface area contributed by atoms with Crippen molar-refractivity contribution in [2.45, 2.75) is 39.3 Å². The SMILES string of the molecule is Cc1ccccc1CNC(C)C1CC2C=CC1C2. The lowest BCUT2D eigenvalue weighted by atomic mass is 9.87. The van der Waals surface area contributed by atoms with Crippen LogP contribution in [0.3, 0.4) is 0 Å². The second-order valence-electron chi connectivity index (χ2n) is 6.04. The van der Waals surface area contributed by atoms with E-state index in [-0.39, 0.29) is 0 Å². The second kappa shape index (κ2) is 4.89. The van der Waals surface area contributed by atoms with Gasteiger partial charge in [0.25, 0.3) is 0 Å². The zero-order valence-corrected chi connectivity index (χ0v) is 11.4. The highest BCUT2D eigenvalue weighted by Crippen LogP contribution is 2.44. The molecule has 0 amide bonds. The largest absolute Gasteiger partial charge is 0.310 e. The molecule has 0 aliphatic heterocycles. The van der Waals surface area contributed by atoms with E-state index in [1.165, 1.54) is 24.0 Å². The summed E-state index contributed by atoms with van der Waals surface area (Å²) < 4.78 is 0. The van der Waals surface area contributed by atoms with Crippen LogP contribution in [0, 0.1) is 24.7 Å². The third kappa shape index (κ3) is 2.24. The van der Waals surface area contributed by atoms with Gasteiger partial charge in [-0.3, -0.25) is 0 Å². The number of fused-ring (bicyclic) bond motifs is 2. The fourth-order valence-electron chi connectivity index (χ4n) is 3.63. The van der Waals surface area contributed by atoms with Crippen molar-refractivity contribution < 1.29 is 0 Å². The van der Waals surface area contributed by atoms with E-state index in [0.717, 1.165) is 24.3 Å². The first-order chi connectivity index (χ1) is 8.74. The van der Waals surface area contributed by atoms with Gasteiger partial charge in [0.2, 0.25) is 0 Å². The first-order valence-electron chi connectivity index (χ1n) is 7.20. The molecule has 2 aliphatic rings. The maximum atomic E-state index is 3.73. The number of hydrogen-bond donors (Lipinski definition) is 1. The molecule has 1 fully saturated rings. The number of benzene rings is 1. The molecule has 3 rings (SSSR count). The Bertz CT molecular complexity index is 449. The van der Waals surface area contributed by atoms with E-state index < -0.39 is 0 Å². The van der Waals surface area contributed by atoms with Gasteiger partial charge in [0.15, 0.2) is 0 Å². The summed E-state index contributed by atoms with van der Waals surface area (Å²) in [6.07, 6.45) is 7.67. The van der Waals surface area contributed by atoms with Crippen molar-refractivity contribution in [2.24, 2.45) is 17.8 Å². The highest BCUT2D eigenvalue weighted by atomic mass is 14.9. The Kier molecular flexibility index (Phi) is 3.25. The van der Waals surface area contributed by atoms with Gasteiger partial charge in [0.05, 0.1) is 0 Å². The summed E-state index contributed by atoms with van der Waals surface area (Å²) in [6.45, 7) is 5.56. The number of hydrogen-bond acceptors (Lipinski definition) is 1. The Hall–Kier alpha value is -1.08. The molecule has 1 nitrogen and oxygen atoms in total. The predicted molar refractivity (Wildman–Crippen MR) is 76.3 cm³/mol. The third-order valence-corrected chi connectivity index (χ3v) is 4.85. The monoisotopic (exact) mass is 241 g/mol. The molecule has 4 atom stereocenters.